The van der Waals surface area contributed by atoms with Crippen LogP contribution >= 0.6 is 15.9 Å². The molecule has 2 aliphatic rings. The molecule has 0 saturated carbocycles. The van der Waals surface area contributed by atoms with Gasteiger partial charge in [-0.1, -0.05) is 12.1 Å². The van der Waals surface area contributed by atoms with Crippen LogP contribution in [0.1, 0.15) is 64.2 Å². The monoisotopic (exact) mass is 484 g/mol. The zero-order valence-electron chi connectivity index (χ0n) is 17.6. The molecule has 3 heterocycles. The van der Waals surface area contributed by atoms with E-state index in [1.807, 2.05) is 0 Å². The standard InChI is InChI=1S/C23H25BrN4O3/c1-23(2)12-14(13-28(23)20-17(19(25)29)9-10-18(24)26-20)6-5-11-27-21(30)15-7-3-4-8-16(15)22(27)31/h3-4,7-10,14H,5-6,11-13H2,1-2H3,(H2,25,29). The number of hydrogen-bond donors (Lipinski definition) is 1. The van der Waals surface area contributed by atoms with Gasteiger partial charge in [-0.05, 0) is 79.2 Å². The first-order valence-electron chi connectivity index (χ1n) is 10.4. The maximum Gasteiger partial charge on any atom is 0.261 e. The molecule has 3 amide bonds. The number of anilines is 1. The smallest absolute Gasteiger partial charge is 0.261 e. The first-order valence-corrected chi connectivity index (χ1v) is 11.2. The average molecular weight is 485 g/mol. The lowest BCUT2D eigenvalue weighted by atomic mass is 9.93. The number of nitrogens with two attached hydrogens (primary N) is 1. The fourth-order valence-electron chi connectivity index (χ4n) is 4.76. The Labute approximate surface area is 189 Å². The Bertz CT molecular complexity index is 1030. The van der Waals surface area contributed by atoms with Crippen molar-refractivity contribution in [3.8, 4) is 0 Å². The average Bonchev–Trinajstić information content (AvgIpc) is 3.15. The highest BCUT2D eigenvalue weighted by molar-refractivity contribution is 9.10. The van der Waals surface area contributed by atoms with Gasteiger partial charge in [-0.15, -0.1) is 0 Å². The lowest BCUT2D eigenvalue weighted by Gasteiger charge is -2.33. The summed E-state index contributed by atoms with van der Waals surface area (Å²) in [7, 11) is 0. The molecule has 0 radical (unpaired) electrons. The Morgan fingerprint density at radius 1 is 1.16 bits per heavy atom. The molecule has 2 aromatic rings. The molecule has 1 unspecified atom stereocenters. The summed E-state index contributed by atoms with van der Waals surface area (Å²) < 4.78 is 0.650. The molecule has 2 aliphatic heterocycles. The number of aromatic nitrogens is 1. The van der Waals surface area contributed by atoms with Gasteiger partial charge in [-0.25, -0.2) is 4.98 Å². The molecule has 8 heteroatoms. The quantitative estimate of drug-likeness (QED) is 0.498. The van der Waals surface area contributed by atoms with Crippen molar-refractivity contribution in [3.05, 3.63) is 57.7 Å². The van der Waals surface area contributed by atoms with Gasteiger partial charge >= 0.3 is 0 Å². The molecule has 1 fully saturated rings. The summed E-state index contributed by atoms with van der Waals surface area (Å²) in [5.74, 6) is 0.0260. The van der Waals surface area contributed by atoms with Crippen molar-refractivity contribution in [2.75, 3.05) is 18.0 Å². The number of halogens is 1. The minimum absolute atomic E-state index is 0.196. The number of hydrogen-bond acceptors (Lipinski definition) is 5. The zero-order chi connectivity index (χ0) is 22.3. The summed E-state index contributed by atoms with van der Waals surface area (Å²) in [6.45, 7) is 5.40. The highest BCUT2D eigenvalue weighted by Crippen LogP contribution is 2.39. The van der Waals surface area contributed by atoms with Gasteiger partial charge < -0.3 is 10.6 Å². The third-order valence-corrected chi connectivity index (χ3v) is 6.64. The number of pyridine rings is 1. The molecule has 1 saturated heterocycles. The van der Waals surface area contributed by atoms with Crippen molar-refractivity contribution in [3.63, 3.8) is 0 Å². The topological polar surface area (TPSA) is 96.6 Å². The number of carbonyl (C=O) groups excluding carboxylic acids is 3. The number of fused-ring (bicyclic) bond motifs is 1. The minimum atomic E-state index is -0.500. The van der Waals surface area contributed by atoms with E-state index < -0.39 is 5.91 Å². The molecule has 1 atom stereocenters. The van der Waals surface area contributed by atoms with Gasteiger partial charge in [0.25, 0.3) is 17.7 Å². The van der Waals surface area contributed by atoms with Crippen LogP contribution < -0.4 is 10.6 Å². The molecule has 0 spiro atoms. The van der Waals surface area contributed by atoms with Crippen molar-refractivity contribution >= 4 is 39.5 Å². The lowest BCUT2D eigenvalue weighted by Crippen LogP contribution is -2.40. The molecule has 0 bridgehead atoms. The molecular formula is C23H25BrN4O3. The molecule has 162 valence electrons. The van der Waals surface area contributed by atoms with Crippen LogP contribution in [0.25, 0.3) is 0 Å². The van der Waals surface area contributed by atoms with E-state index in [2.05, 4.69) is 39.7 Å². The van der Waals surface area contributed by atoms with E-state index in [4.69, 9.17) is 5.73 Å². The number of nitrogens with zero attached hydrogens (tertiary/aromatic N) is 3. The van der Waals surface area contributed by atoms with Gasteiger partial charge in [0.2, 0.25) is 0 Å². The molecule has 1 aromatic carbocycles. The molecule has 31 heavy (non-hydrogen) atoms. The predicted molar refractivity (Wildman–Crippen MR) is 121 cm³/mol. The fraction of sp³-hybridized carbons (Fsp3) is 0.391. The Morgan fingerprint density at radius 3 is 2.42 bits per heavy atom. The fourth-order valence-corrected chi connectivity index (χ4v) is 5.06. The number of amides is 3. The summed E-state index contributed by atoms with van der Waals surface area (Å²) in [5.41, 5.74) is 6.76. The highest BCUT2D eigenvalue weighted by Gasteiger charge is 2.41. The van der Waals surface area contributed by atoms with Gasteiger partial charge in [0.05, 0.1) is 16.7 Å². The van der Waals surface area contributed by atoms with Crippen molar-refractivity contribution in [2.45, 2.75) is 38.6 Å². The summed E-state index contributed by atoms with van der Waals surface area (Å²) in [4.78, 5) is 45.1. The van der Waals surface area contributed by atoms with Gasteiger partial charge in [0.15, 0.2) is 0 Å². The second-order valence-corrected chi connectivity index (χ2v) is 9.62. The number of carbonyl (C=O) groups is 3. The van der Waals surface area contributed by atoms with Crippen LogP contribution in [-0.4, -0.2) is 46.2 Å². The molecule has 4 rings (SSSR count). The molecule has 7 nitrogen and oxygen atoms in total. The number of rotatable bonds is 6. The second-order valence-electron chi connectivity index (χ2n) is 8.81. The van der Waals surface area contributed by atoms with E-state index in [0.717, 1.165) is 25.8 Å². The summed E-state index contributed by atoms with van der Waals surface area (Å²) >= 11 is 3.39. The Kier molecular flexibility index (Phi) is 5.60. The van der Waals surface area contributed by atoms with Gasteiger partial charge in [-0.2, -0.15) is 0 Å². The van der Waals surface area contributed by atoms with Crippen LogP contribution in [-0.2, 0) is 0 Å². The van der Waals surface area contributed by atoms with Crippen molar-refractivity contribution < 1.29 is 14.4 Å². The normalized spacial score (nSPS) is 19.8. The van der Waals surface area contributed by atoms with Crippen LogP contribution in [0.15, 0.2) is 41.0 Å². The highest BCUT2D eigenvalue weighted by atomic mass is 79.9. The van der Waals surface area contributed by atoms with E-state index in [9.17, 15) is 14.4 Å². The number of primary amides is 1. The van der Waals surface area contributed by atoms with E-state index in [-0.39, 0.29) is 17.4 Å². The first kappa shape index (κ1) is 21.5. The van der Waals surface area contributed by atoms with Crippen LogP contribution in [0.4, 0.5) is 5.82 Å². The molecule has 1 aromatic heterocycles. The third-order valence-electron chi connectivity index (χ3n) is 6.19. The van der Waals surface area contributed by atoms with Crippen LogP contribution in [0, 0.1) is 5.92 Å². The van der Waals surface area contributed by atoms with Crippen molar-refractivity contribution in [1.29, 1.82) is 0 Å². The minimum Gasteiger partial charge on any atom is -0.365 e. The maximum atomic E-state index is 12.5. The Morgan fingerprint density at radius 2 is 1.81 bits per heavy atom. The zero-order valence-corrected chi connectivity index (χ0v) is 19.2. The number of imide groups is 1. The second kappa shape index (κ2) is 8.07. The summed E-state index contributed by atoms with van der Waals surface area (Å²) in [6, 6.07) is 10.4. The lowest BCUT2D eigenvalue weighted by molar-refractivity contribution is 0.0649. The van der Waals surface area contributed by atoms with E-state index in [0.29, 0.717) is 39.6 Å². The first-order chi connectivity index (χ1) is 14.7. The van der Waals surface area contributed by atoms with Crippen LogP contribution in [0.3, 0.4) is 0 Å². The van der Waals surface area contributed by atoms with E-state index in [1.165, 1.54) is 4.90 Å². The maximum absolute atomic E-state index is 12.5. The van der Waals surface area contributed by atoms with Gasteiger partial charge in [0.1, 0.15) is 10.4 Å². The number of benzene rings is 1. The predicted octanol–water partition coefficient (Wildman–Crippen LogP) is 3.62. The Hall–Kier alpha value is -2.74. The molecule has 0 aliphatic carbocycles. The molecule has 2 N–H and O–H groups in total. The Balaban J connectivity index is 1.42. The molecular weight excluding hydrogens is 460 g/mol. The summed E-state index contributed by atoms with van der Waals surface area (Å²) in [6.07, 6.45) is 2.52. The van der Waals surface area contributed by atoms with E-state index >= 15 is 0 Å². The van der Waals surface area contributed by atoms with E-state index in [1.54, 1.807) is 36.4 Å². The largest absolute Gasteiger partial charge is 0.365 e. The van der Waals surface area contributed by atoms with Crippen molar-refractivity contribution in [1.82, 2.24) is 9.88 Å². The SMILES string of the molecule is CC1(C)CC(CCCN2C(=O)c3ccccc3C2=O)CN1c1nc(Br)ccc1C(N)=O. The van der Waals surface area contributed by atoms with Crippen LogP contribution in [0.2, 0.25) is 0 Å². The van der Waals surface area contributed by atoms with Gasteiger partial charge in [-0.3, -0.25) is 19.3 Å². The van der Waals surface area contributed by atoms with Crippen molar-refractivity contribution in [2.24, 2.45) is 11.7 Å². The van der Waals surface area contributed by atoms with Crippen LogP contribution in [0.5, 0.6) is 0 Å². The van der Waals surface area contributed by atoms with Gasteiger partial charge in [0, 0.05) is 18.6 Å². The summed E-state index contributed by atoms with van der Waals surface area (Å²) in [5, 5.41) is 0. The third kappa shape index (κ3) is 3.96.